The molecule has 1 N–H and O–H groups in total. The Bertz CT molecular complexity index is 674. The molecule has 0 bridgehead atoms. The van der Waals surface area contributed by atoms with Gasteiger partial charge in [0.25, 0.3) is 0 Å². The molecule has 1 aromatic carbocycles. The van der Waals surface area contributed by atoms with Gasteiger partial charge in [0, 0.05) is 11.0 Å². The maximum atomic E-state index is 12.9. The van der Waals surface area contributed by atoms with Crippen molar-refractivity contribution >= 4 is 31.9 Å². The summed E-state index contributed by atoms with van der Waals surface area (Å²) in [6.45, 7) is 3.67. The van der Waals surface area contributed by atoms with Crippen molar-refractivity contribution < 1.29 is 18.3 Å². The molecule has 21 heavy (non-hydrogen) atoms. The average Bonchev–Trinajstić information content (AvgIpc) is 2.87. The van der Waals surface area contributed by atoms with E-state index >= 15 is 0 Å². The maximum Gasteiger partial charge on any atom is 0.325 e. The van der Waals surface area contributed by atoms with Crippen molar-refractivity contribution in [2.75, 3.05) is 6.54 Å². The van der Waals surface area contributed by atoms with Crippen molar-refractivity contribution in [1.29, 1.82) is 0 Å². The molecule has 0 saturated carbocycles. The molecule has 0 radical (unpaired) electrons. The zero-order valence-corrected chi connectivity index (χ0v) is 14.4. The first-order chi connectivity index (χ1) is 9.75. The lowest BCUT2D eigenvalue weighted by atomic mass is 9.95. The number of sulfonamides is 1. The zero-order chi connectivity index (χ0) is 15.8. The smallest absolute Gasteiger partial charge is 0.325 e. The van der Waals surface area contributed by atoms with Crippen LogP contribution in [-0.2, 0) is 14.8 Å². The quantitative estimate of drug-likeness (QED) is 0.877. The summed E-state index contributed by atoms with van der Waals surface area (Å²) in [5, 5.41) is 9.55. The number of carboxylic acids is 1. The Labute approximate surface area is 133 Å². The summed E-state index contributed by atoms with van der Waals surface area (Å²) in [5.41, 5.74) is -0.714. The third-order valence-electron chi connectivity index (χ3n) is 4.13. The number of hydrogen-bond acceptors (Lipinski definition) is 3. The van der Waals surface area contributed by atoms with Gasteiger partial charge in [-0.1, -0.05) is 28.9 Å². The van der Waals surface area contributed by atoms with E-state index in [0.29, 0.717) is 22.9 Å². The average molecular weight is 376 g/mol. The van der Waals surface area contributed by atoms with Crippen LogP contribution in [0.2, 0.25) is 0 Å². The largest absolute Gasteiger partial charge is 0.480 e. The first-order valence-electron chi connectivity index (χ1n) is 6.78. The lowest BCUT2D eigenvalue weighted by Gasteiger charge is -2.33. The van der Waals surface area contributed by atoms with Crippen LogP contribution in [-0.4, -0.2) is 35.9 Å². The first kappa shape index (κ1) is 16.5. The molecule has 1 aromatic rings. The molecule has 1 saturated heterocycles. The van der Waals surface area contributed by atoms with Gasteiger partial charge in [0.15, 0.2) is 0 Å². The molecule has 1 atom stereocenters. The molecule has 7 heteroatoms. The molecular weight excluding hydrogens is 358 g/mol. The van der Waals surface area contributed by atoms with Crippen LogP contribution in [0, 0.1) is 6.92 Å². The molecule has 1 aliphatic rings. The fourth-order valence-electron chi connectivity index (χ4n) is 2.89. The predicted octanol–water partition coefficient (Wildman–Crippen LogP) is 2.78. The first-order valence-corrected chi connectivity index (χ1v) is 9.01. The summed E-state index contributed by atoms with van der Waals surface area (Å²) >= 11 is 3.27. The minimum atomic E-state index is -3.83. The number of benzene rings is 1. The summed E-state index contributed by atoms with van der Waals surface area (Å²) in [6, 6.07) is 5.01. The van der Waals surface area contributed by atoms with E-state index in [2.05, 4.69) is 15.9 Å². The summed E-state index contributed by atoms with van der Waals surface area (Å²) in [6.07, 6.45) is 1.17. The molecule has 2 rings (SSSR count). The lowest BCUT2D eigenvalue weighted by molar-refractivity contribution is -0.147. The van der Waals surface area contributed by atoms with Crippen molar-refractivity contribution in [3.05, 3.63) is 28.2 Å². The Morgan fingerprint density at radius 2 is 2.14 bits per heavy atom. The summed E-state index contributed by atoms with van der Waals surface area (Å²) in [4.78, 5) is 11.8. The normalized spacial score (nSPS) is 23.4. The van der Waals surface area contributed by atoms with Crippen LogP contribution in [0.3, 0.4) is 0 Å². The van der Waals surface area contributed by atoms with E-state index in [0.717, 1.165) is 4.31 Å². The number of aryl methyl sites for hydroxylation is 1. The van der Waals surface area contributed by atoms with Crippen LogP contribution >= 0.6 is 15.9 Å². The highest BCUT2D eigenvalue weighted by atomic mass is 79.9. The molecule has 1 unspecified atom stereocenters. The van der Waals surface area contributed by atoms with E-state index in [1.807, 2.05) is 0 Å². The van der Waals surface area contributed by atoms with Crippen LogP contribution in [0.25, 0.3) is 0 Å². The molecule has 0 aromatic heterocycles. The molecule has 0 aliphatic carbocycles. The standard InChI is InChI=1S/C14H18BrNO4S/c1-3-14(13(17)18)7-4-8-16(14)21(19,20)12-9-11(15)6-5-10(12)2/h5-6,9H,3-4,7-8H2,1-2H3,(H,17,18). The molecule has 1 fully saturated rings. The van der Waals surface area contributed by atoms with Crippen LogP contribution in [0.15, 0.2) is 27.6 Å². The second-order valence-electron chi connectivity index (χ2n) is 5.28. The lowest BCUT2D eigenvalue weighted by Crippen LogP contribution is -2.52. The van der Waals surface area contributed by atoms with Crippen LogP contribution in [0.5, 0.6) is 0 Å². The van der Waals surface area contributed by atoms with Gasteiger partial charge < -0.3 is 5.11 Å². The van der Waals surface area contributed by atoms with E-state index in [9.17, 15) is 18.3 Å². The highest BCUT2D eigenvalue weighted by molar-refractivity contribution is 9.10. The summed E-state index contributed by atoms with van der Waals surface area (Å²) in [5.74, 6) is -1.07. The molecule has 5 nitrogen and oxygen atoms in total. The van der Waals surface area contributed by atoms with E-state index in [-0.39, 0.29) is 17.9 Å². The van der Waals surface area contributed by atoms with Gasteiger partial charge in [-0.3, -0.25) is 4.79 Å². The number of carbonyl (C=O) groups is 1. The molecule has 0 amide bonds. The van der Waals surface area contributed by atoms with E-state index in [4.69, 9.17) is 0 Å². The van der Waals surface area contributed by atoms with Crippen molar-refractivity contribution in [2.24, 2.45) is 0 Å². The van der Waals surface area contributed by atoms with Gasteiger partial charge in [-0.2, -0.15) is 4.31 Å². The van der Waals surface area contributed by atoms with Gasteiger partial charge >= 0.3 is 5.97 Å². The maximum absolute atomic E-state index is 12.9. The Kier molecular flexibility index (Phi) is 4.46. The number of nitrogens with zero attached hydrogens (tertiary/aromatic N) is 1. The summed E-state index contributed by atoms with van der Waals surface area (Å²) in [7, 11) is -3.83. The van der Waals surface area contributed by atoms with Crippen molar-refractivity contribution in [2.45, 2.75) is 43.5 Å². The van der Waals surface area contributed by atoms with E-state index in [1.54, 1.807) is 26.0 Å². The van der Waals surface area contributed by atoms with Gasteiger partial charge in [-0.25, -0.2) is 8.42 Å². The SMILES string of the molecule is CCC1(C(=O)O)CCCN1S(=O)(=O)c1cc(Br)ccc1C. The van der Waals surface area contributed by atoms with Gasteiger partial charge in [-0.15, -0.1) is 0 Å². The Balaban J connectivity index is 2.58. The van der Waals surface area contributed by atoms with E-state index < -0.39 is 21.5 Å². The van der Waals surface area contributed by atoms with Gasteiger partial charge in [0.1, 0.15) is 5.54 Å². The third-order valence-corrected chi connectivity index (χ3v) is 6.73. The molecule has 0 spiro atoms. The minimum Gasteiger partial charge on any atom is -0.480 e. The number of carboxylic acid groups (broad SMARTS) is 1. The number of halogens is 1. The molecule has 116 valence electrons. The fourth-order valence-corrected chi connectivity index (χ4v) is 5.52. The number of aliphatic carboxylic acids is 1. The van der Waals surface area contributed by atoms with Crippen LogP contribution in [0.4, 0.5) is 0 Å². The van der Waals surface area contributed by atoms with Crippen molar-refractivity contribution in [3.8, 4) is 0 Å². The zero-order valence-electron chi connectivity index (χ0n) is 12.0. The predicted molar refractivity (Wildman–Crippen MR) is 82.7 cm³/mol. The highest BCUT2D eigenvalue weighted by Gasteiger charge is 2.52. The van der Waals surface area contributed by atoms with Gasteiger partial charge in [0.05, 0.1) is 4.90 Å². The van der Waals surface area contributed by atoms with Gasteiger partial charge in [0.2, 0.25) is 10.0 Å². The fraction of sp³-hybridized carbons (Fsp3) is 0.500. The van der Waals surface area contributed by atoms with Crippen LogP contribution in [0.1, 0.15) is 31.7 Å². The molecule has 1 heterocycles. The van der Waals surface area contributed by atoms with E-state index in [1.165, 1.54) is 6.07 Å². The van der Waals surface area contributed by atoms with Crippen molar-refractivity contribution in [3.63, 3.8) is 0 Å². The monoisotopic (exact) mass is 375 g/mol. The summed E-state index contributed by atoms with van der Waals surface area (Å²) < 4.78 is 27.7. The Morgan fingerprint density at radius 1 is 1.48 bits per heavy atom. The minimum absolute atomic E-state index is 0.165. The van der Waals surface area contributed by atoms with Gasteiger partial charge in [-0.05, 0) is 43.9 Å². The van der Waals surface area contributed by atoms with Crippen LogP contribution < -0.4 is 0 Å². The Morgan fingerprint density at radius 3 is 2.71 bits per heavy atom. The number of hydrogen-bond donors (Lipinski definition) is 1. The second-order valence-corrected chi connectivity index (χ2v) is 8.03. The third kappa shape index (κ3) is 2.62. The number of rotatable bonds is 4. The Hall–Kier alpha value is -0.920. The molecule has 1 aliphatic heterocycles. The second kappa shape index (κ2) is 5.70. The molecular formula is C14H18BrNO4S. The van der Waals surface area contributed by atoms with Crippen molar-refractivity contribution in [1.82, 2.24) is 4.31 Å². The topological polar surface area (TPSA) is 74.7 Å². The highest BCUT2D eigenvalue weighted by Crippen LogP contribution is 2.38.